The van der Waals surface area contributed by atoms with Gasteiger partial charge in [-0.1, -0.05) is 6.08 Å². The SMILES string of the molecule is CC(=O)OC[C@H]1O[C@@H](OCC2C=C(CO[C@@H]3O[C@H](COC(C)=O)[C@@H](OC(C)=O)[C@H](OC(C)=O)[C@H]3OC(C)=O)CCC2C(C)=O)[C@H](OC(C)=O)[C@@H](OC(C)=O)[C@H]1OC(C)=O. The second-order valence-electron chi connectivity index (χ2n) is 14.0. The number of esters is 8. The monoisotopic (exact) mass is 844 g/mol. The zero-order valence-corrected chi connectivity index (χ0v) is 34.3. The Kier molecular flexibility index (Phi) is 18.4. The van der Waals surface area contributed by atoms with Gasteiger partial charge in [-0.25, -0.2) is 0 Å². The minimum absolute atomic E-state index is 0.184. The standard InChI is InChI=1S/C38H52O21/c1-17(39)28-11-10-26(13-50-37-35(56-24(8)46)33(54-22(6)44)31(52-20(4)42)29(58-37)15-48-18(2)40)12-27(28)14-51-38-36(57-25(9)47)34(55-23(7)45)32(53-21(5)43)30(59-38)16-49-19(3)41/h12,27-38H,10-11,13-16H2,1-9H3/t27?,28?,29-,30-,31-,32+,33+,34+,35-,36-,37-,38-/m1/s1. The third-order valence-corrected chi connectivity index (χ3v) is 9.05. The fourth-order valence-corrected chi connectivity index (χ4v) is 6.89. The van der Waals surface area contributed by atoms with Crippen LogP contribution in [0.15, 0.2) is 11.6 Å². The van der Waals surface area contributed by atoms with E-state index >= 15 is 0 Å². The second kappa shape index (κ2) is 22.4. The highest BCUT2D eigenvalue weighted by atomic mass is 16.7. The van der Waals surface area contributed by atoms with E-state index < -0.39 is 134 Å². The number of Topliss-reactive ketones (excluding diaryl/α,β-unsaturated/α-hetero) is 1. The average molecular weight is 845 g/mol. The van der Waals surface area contributed by atoms with Crippen LogP contribution in [0, 0.1) is 11.8 Å². The van der Waals surface area contributed by atoms with Crippen molar-refractivity contribution < 1.29 is 100.0 Å². The molecular formula is C38H52O21. The van der Waals surface area contributed by atoms with Gasteiger partial charge in [0.2, 0.25) is 0 Å². The van der Waals surface area contributed by atoms with Crippen LogP contribution >= 0.6 is 0 Å². The van der Waals surface area contributed by atoms with Gasteiger partial charge in [-0.05, 0) is 25.3 Å². The van der Waals surface area contributed by atoms with Crippen molar-refractivity contribution >= 4 is 53.5 Å². The Balaban J connectivity index is 1.94. The van der Waals surface area contributed by atoms with Gasteiger partial charge in [0.15, 0.2) is 49.2 Å². The lowest BCUT2D eigenvalue weighted by atomic mass is 9.79. The summed E-state index contributed by atoms with van der Waals surface area (Å²) in [4.78, 5) is 109. The highest BCUT2D eigenvalue weighted by Gasteiger charge is 2.54. The molecular weight excluding hydrogens is 792 g/mol. The molecule has 2 unspecified atom stereocenters. The van der Waals surface area contributed by atoms with E-state index in [1.165, 1.54) is 6.92 Å². The smallest absolute Gasteiger partial charge is 0.303 e. The maximum Gasteiger partial charge on any atom is 0.303 e. The molecule has 0 amide bonds. The van der Waals surface area contributed by atoms with Gasteiger partial charge in [-0.3, -0.25) is 43.2 Å². The Bertz CT molecular complexity index is 1600. The lowest BCUT2D eigenvalue weighted by Gasteiger charge is -2.44. The van der Waals surface area contributed by atoms with Crippen LogP contribution in [0.5, 0.6) is 0 Å². The van der Waals surface area contributed by atoms with Crippen LogP contribution in [0.3, 0.4) is 0 Å². The first-order valence-electron chi connectivity index (χ1n) is 18.7. The summed E-state index contributed by atoms with van der Waals surface area (Å²) in [6.45, 7) is 8.83. The van der Waals surface area contributed by atoms with Gasteiger partial charge in [0, 0.05) is 67.2 Å². The number of hydrogen-bond acceptors (Lipinski definition) is 21. The number of hydrogen-bond donors (Lipinski definition) is 0. The van der Waals surface area contributed by atoms with Gasteiger partial charge in [0.05, 0.1) is 13.2 Å². The van der Waals surface area contributed by atoms with Crippen LogP contribution in [0.1, 0.15) is 75.2 Å². The van der Waals surface area contributed by atoms with E-state index in [-0.39, 0.29) is 19.0 Å². The average Bonchev–Trinajstić information content (AvgIpc) is 3.11. The fourth-order valence-electron chi connectivity index (χ4n) is 6.89. The Labute approximate surface area is 339 Å². The quantitative estimate of drug-likeness (QED) is 0.111. The molecule has 0 aromatic carbocycles. The van der Waals surface area contributed by atoms with Crippen molar-refractivity contribution in [2.24, 2.45) is 11.8 Å². The second-order valence-corrected chi connectivity index (χ2v) is 14.0. The minimum Gasteiger partial charge on any atom is -0.463 e. The molecule has 0 saturated carbocycles. The molecule has 3 rings (SSSR count). The van der Waals surface area contributed by atoms with Crippen molar-refractivity contribution in [1.82, 2.24) is 0 Å². The lowest BCUT2D eigenvalue weighted by molar-refractivity contribution is -0.309. The molecule has 3 aliphatic rings. The molecule has 0 bridgehead atoms. The summed E-state index contributed by atoms with van der Waals surface area (Å²) in [5.41, 5.74) is 0.616. The molecule has 0 N–H and O–H groups in total. The first kappa shape index (κ1) is 48.4. The largest absolute Gasteiger partial charge is 0.463 e. The van der Waals surface area contributed by atoms with E-state index in [1.807, 2.05) is 0 Å². The summed E-state index contributed by atoms with van der Waals surface area (Å²) < 4.78 is 67.2. The van der Waals surface area contributed by atoms with E-state index in [9.17, 15) is 43.2 Å². The van der Waals surface area contributed by atoms with Gasteiger partial charge in [0.1, 0.15) is 31.2 Å². The molecule has 0 aromatic heterocycles. The zero-order chi connectivity index (χ0) is 44.1. The van der Waals surface area contributed by atoms with E-state index in [1.54, 1.807) is 6.08 Å². The molecule has 0 aromatic rings. The molecule has 2 saturated heterocycles. The zero-order valence-electron chi connectivity index (χ0n) is 34.3. The topological polar surface area (TPSA) is 264 Å². The molecule has 330 valence electrons. The van der Waals surface area contributed by atoms with Gasteiger partial charge < -0.3 is 56.8 Å². The molecule has 59 heavy (non-hydrogen) atoms. The summed E-state index contributed by atoms with van der Waals surface area (Å²) in [6.07, 6.45) is -11.8. The van der Waals surface area contributed by atoms with Crippen LogP contribution < -0.4 is 0 Å². The first-order valence-corrected chi connectivity index (χ1v) is 18.7. The van der Waals surface area contributed by atoms with Gasteiger partial charge in [-0.15, -0.1) is 0 Å². The Morgan fingerprint density at radius 2 is 0.864 bits per heavy atom. The molecule has 2 aliphatic heterocycles. The Hall–Kier alpha value is -4.99. The number of carbonyl (C=O) groups excluding carboxylic acids is 9. The van der Waals surface area contributed by atoms with Crippen LogP contribution in [0.2, 0.25) is 0 Å². The van der Waals surface area contributed by atoms with Crippen LogP contribution in [-0.4, -0.2) is 141 Å². The van der Waals surface area contributed by atoms with Crippen molar-refractivity contribution in [2.45, 2.75) is 137 Å². The predicted molar refractivity (Wildman–Crippen MR) is 191 cm³/mol. The normalized spacial score (nSPS) is 30.3. The third-order valence-electron chi connectivity index (χ3n) is 9.05. The fraction of sp³-hybridized carbons (Fsp3) is 0.711. The van der Waals surface area contributed by atoms with Crippen molar-refractivity contribution in [2.75, 3.05) is 26.4 Å². The molecule has 1 aliphatic carbocycles. The summed E-state index contributed by atoms with van der Waals surface area (Å²) >= 11 is 0. The summed E-state index contributed by atoms with van der Waals surface area (Å²) in [6, 6.07) is 0. The number of ether oxygens (including phenoxy) is 12. The molecule has 12 atom stereocenters. The number of rotatable bonds is 17. The number of ketones is 1. The minimum atomic E-state index is -1.50. The first-order chi connectivity index (χ1) is 27.7. The van der Waals surface area contributed by atoms with Crippen molar-refractivity contribution in [3.05, 3.63) is 11.6 Å². The summed E-state index contributed by atoms with van der Waals surface area (Å²) in [5, 5.41) is 0. The van der Waals surface area contributed by atoms with Crippen LogP contribution in [0.4, 0.5) is 0 Å². The van der Waals surface area contributed by atoms with E-state index in [4.69, 9.17) is 56.8 Å². The Morgan fingerprint density at radius 1 is 0.492 bits per heavy atom. The van der Waals surface area contributed by atoms with E-state index in [0.29, 0.717) is 18.4 Å². The van der Waals surface area contributed by atoms with Gasteiger partial charge in [0.25, 0.3) is 0 Å². The van der Waals surface area contributed by atoms with Crippen LogP contribution in [0.25, 0.3) is 0 Å². The van der Waals surface area contributed by atoms with Gasteiger partial charge in [-0.2, -0.15) is 0 Å². The lowest BCUT2D eigenvalue weighted by Crippen LogP contribution is -2.63. The predicted octanol–water partition coefficient (Wildman–Crippen LogP) is 0.727. The van der Waals surface area contributed by atoms with Crippen molar-refractivity contribution in [3.8, 4) is 0 Å². The summed E-state index contributed by atoms with van der Waals surface area (Å²) in [7, 11) is 0. The maximum atomic E-state index is 12.9. The summed E-state index contributed by atoms with van der Waals surface area (Å²) in [5.74, 6) is -7.72. The van der Waals surface area contributed by atoms with E-state index in [2.05, 4.69) is 0 Å². The highest BCUT2D eigenvalue weighted by molar-refractivity contribution is 5.79. The molecule has 0 spiro atoms. The highest BCUT2D eigenvalue weighted by Crippen LogP contribution is 2.35. The maximum absolute atomic E-state index is 12.9. The molecule has 2 fully saturated rings. The third kappa shape index (κ3) is 15.0. The van der Waals surface area contributed by atoms with E-state index in [0.717, 1.165) is 55.4 Å². The van der Waals surface area contributed by atoms with Crippen LogP contribution in [-0.2, 0) is 100.0 Å². The number of carbonyl (C=O) groups is 9. The van der Waals surface area contributed by atoms with Crippen molar-refractivity contribution in [3.63, 3.8) is 0 Å². The van der Waals surface area contributed by atoms with Gasteiger partial charge >= 0.3 is 47.8 Å². The molecule has 21 heteroatoms. The van der Waals surface area contributed by atoms with Crippen molar-refractivity contribution in [1.29, 1.82) is 0 Å². The molecule has 21 nitrogen and oxygen atoms in total. The molecule has 2 heterocycles. The Morgan fingerprint density at radius 3 is 1.24 bits per heavy atom. The molecule has 0 radical (unpaired) electrons.